The van der Waals surface area contributed by atoms with Crippen LogP contribution < -0.4 is 16.5 Å². The van der Waals surface area contributed by atoms with Gasteiger partial charge in [-0.1, -0.05) is 82.3 Å². The number of rotatable bonds is 3. The number of aromatic nitrogens is 3. The molecule has 9 aromatic rings. The number of nitrogens with zero attached hydrogens (tertiary/aromatic N) is 3. The zero-order valence-electron chi connectivity index (χ0n) is 39.2. The Hall–Kier alpha value is -5.75. The molecule has 2 aliphatic heterocycles. The van der Waals surface area contributed by atoms with Crippen LogP contribution in [0.25, 0.3) is 77.1 Å². The molecular weight excluding hydrogens is 818 g/mol. The smallest absolute Gasteiger partial charge is 0.357 e. The molecule has 4 saturated carbocycles. The van der Waals surface area contributed by atoms with Crippen molar-refractivity contribution < 1.29 is 4.42 Å². The van der Waals surface area contributed by atoms with Crippen molar-refractivity contribution in [3.05, 3.63) is 129 Å². The quantitative estimate of drug-likeness (QED) is 0.166. The van der Waals surface area contributed by atoms with Crippen LogP contribution in [0, 0.1) is 23.7 Å². The topological polar surface area (TPSA) is 45.0 Å². The van der Waals surface area contributed by atoms with Gasteiger partial charge in [0.15, 0.2) is 0 Å². The van der Waals surface area contributed by atoms with Crippen LogP contribution in [0.4, 0.5) is 0 Å². The van der Waals surface area contributed by atoms with E-state index < -0.39 is 0 Å². The van der Waals surface area contributed by atoms with Crippen molar-refractivity contribution >= 4 is 72.4 Å². The Labute approximate surface area is 391 Å². The number of hydrogen-bond donors (Lipinski definition) is 0. The summed E-state index contributed by atoms with van der Waals surface area (Å²) < 4.78 is 14.7. The fourth-order valence-corrected chi connectivity index (χ4v) is 17.7. The van der Waals surface area contributed by atoms with Gasteiger partial charge < -0.3 is 8.98 Å². The van der Waals surface area contributed by atoms with Gasteiger partial charge in [0.05, 0.1) is 38.4 Å². The summed E-state index contributed by atoms with van der Waals surface area (Å²) in [6.07, 6.45) is 13.3. The number of fused-ring (bicyclic) bond motifs is 16. The first-order valence-electron chi connectivity index (χ1n) is 26.3. The SMILES string of the molecule is CC(C)c1cccc(C(C)C)c1-c1ccc2c(c1)B1c3c(c4c5ccccc5oc4c4c5c6c(ccc5n-2c34)C2CC3CC(C2)CC6C3)-n2c3cc4c(cc3c(=O)n21)C1CC2CC(C1)CC4C2. The fraction of sp³-hybridized carbons (Fsp3) is 0.393. The molecule has 4 fully saturated rings. The summed E-state index contributed by atoms with van der Waals surface area (Å²) in [4.78, 5) is 16.0. The zero-order valence-corrected chi connectivity index (χ0v) is 39.2. The lowest BCUT2D eigenvalue weighted by Crippen LogP contribution is -2.53. The highest BCUT2D eigenvalue weighted by molar-refractivity contribution is 6.89. The third-order valence-corrected chi connectivity index (χ3v) is 19.8. The van der Waals surface area contributed by atoms with Crippen LogP contribution in [0.15, 0.2) is 94.1 Å². The van der Waals surface area contributed by atoms with Gasteiger partial charge >= 0.3 is 6.85 Å². The van der Waals surface area contributed by atoms with Gasteiger partial charge in [-0.25, -0.2) is 0 Å². The summed E-state index contributed by atoms with van der Waals surface area (Å²) >= 11 is 0. The van der Waals surface area contributed by atoms with Crippen LogP contribution >= 0.6 is 0 Å². The minimum atomic E-state index is -0.298. The zero-order chi connectivity index (χ0) is 44.0. The molecule has 8 bridgehead atoms. The van der Waals surface area contributed by atoms with Gasteiger partial charge in [0, 0.05) is 21.9 Å². The molecule has 8 aliphatic carbocycles. The van der Waals surface area contributed by atoms with Crippen molar-refractivity contribution in [2.24, 2.45) is 23.7 Å². The van der Waals surface area contributed by atoms with Crippen LogP contribution in [0.1, 0.15) is 161 Å². The van der Waals surface area contributed by atoms with Crippen molar-refractivity contribution in [3.8, 4) is 22.5 Å². The number of para-hydroxylation sites is 1. The summed E-state index contributed by atoms with van der Waals surface area (Å²) in [5.41, 5.74) is 22.2. The van der Waals surface area contributed by atoms with Crippen LogP contribution in [-0.4, -0.2) is 20.7 Å². The molecule has 19 rings (SSSR count). The van der Waals surface area contributed by atoms with Gasteiger partial charge in [0.2, 0.25) is 0 Å². The molecule has 6 aromatic carbocycles. The lowest BCUT2D eigenvalue weighted by Gasteiger charge is -2.38. The largest absolute Gasteiger partial charge is 0.455 e. The molecule has 10 aliphatic rings. The van der Waals surface area contributed by atoms with Crippen molar-refractivity contribution in [2.75, 3.05) is 0 Å². The lowest BCUT2D eigenvalue weighted by molar-refractivity contribution is 0.166. The van der Waals surface area contributed by atoms with Crippen molar-refractivity contribution in [2.45, 2.75) is 127 Å². The number of benzene rings is 6. The number of furan rings is 1. The van der Waals surface area contributed by atoms with Crippen LogP contribution in [0.5, 0.6) is 0 Å². The van der Waals surface area contributed by atoms with E-state index in [0.717, 1.165) is 56.8 Å². The Balaban J connectivity index is 1.06. The molecule has 5 nitrogen and oxygen atoms in total. The van der Waals surface area contributed by atoms with Gasteiger partial charge in [0.1, 0.15) is 11.2 Å². The molecule has 3 aromatic heterocycles. The predicted molar refractivity (Wildman–Crippen MR) is 274 cm³/mol. The van der Waals surface area contributed by atoms with E-state index in [4.69, 9.17) is 4.42 Å². The summed E-state index contributed by atoms with van der Waals surface area (Å²) in [5, 5.41) is 5.90. The average Bonchev–Trinajstić information content (AvgIpc) is 4.00. The highest BCUT2D eigenvalue weighted by atomic mass is 16.3. The second-order valence-electron chi connectivity index (χ2n) is 24.0. The molecule has 5 heterocycles. The van der Waals surface area contributed by atoms with Crippen LogP contribution in [0.2, 0.25) is 0 Å². The molecule has 67 heavy (non-hydrogen) atoms. The van der Waals surface area contributed by atoms with E-state index in [0.29, 0.717) is 35.5 Å². The summed E-state index contributed by atoms with van der Waals surface area (Å²) in [7, 11) is 0. The molecule has 4 atom stereocenters. The Morgan fingerprint density at radius 3 is 1.96 bits per heavy atom. The molecule has 0 amide bonds. The van der Waals surface area contributed by atoms with Gasteiger partial charge in [-0.05, 0) is 204 Å². The Morgan fingerprint density at radius 2 is 1.25 bits per heavy atom. The van der Waals surface area contributed by atoms with Crippen molar-refractivity contribution in [3.63, 3.8) is 0 Å². The summed E-state index contributed by atoms with van der Waals surface area (Å²) in [6, 6.07) is 33.1. The lowest BCUT2D eigenvalue weighted by atomic mass is 9.49. The minimum Gasteiger partial charge on any atom is -0.455 e. The molecule has 330 valence electrons. The highest BCUT2D eigenvalue weighted by Gasteiger charge is 2.50. The van der Waals surface area contributed by atoms with E-state index in [9.17, 15) is 0 Å². The van der Waals surface area contributed by atoms with E-state index >= 15 is 4.79 Å². The average molecular weight is 874 g/mol. The maximum Gasteiger partial charge on any atom is 0.357 e. The predicted octanol–water partition coefficient (Wildman–Crippen LogP) is 13.8. The van der Waals surface area contributed by atoms with E-state index in [-0.39, 0.29) is 12.4 Å². The summed E-state index contributed by atoms with van der Waals surface area (Å²) in [5.74, 6) is 6.35. The fourth-order valence-electron chi connectivity index (χ4n) is 17.7. The van der Waals surface area contributed by atoms with Crippen LogP contribution in [-0.2, 0) is 0 Å². The van der Waals surface area contributed by atoms with Crippen molar-refractivity contribution in [1.29, 1.82) is 0 Å². The molecule has 6 heteroatoms. The van der Waals surface area contributed by atoms with Gasteiger partial charge in [-0.3, -0.25) is 14.1 Å². The maximum atomic E-state index is 16.0. The van der Waals surface area contributed by atoms with E-state index in [1.807, 2.05) is 0 Å². The molecule has 0 radical (unpaired) electrons. The maximum absolute atomic E-state index is 16.0. The first-order chi connectivity index (χ1) is 32.8. The van der Waals surface area contributed by atoms with Crippen molar-refractivity contribution in [1.82, 2.24) is 13.8 Å². The van der Waals surface area contributed by atoms with E-state index in [2.05, 4.69) is 126 Å². The monoisotopic (exact) mass is 873 g/mol. The Morgan fingerprint density at radius 1 is 0.597 bits per heavy atom. The molecular formula is C61H56BN3O2. The Bertz CT molecular complexity index is 3780. The summed E-state index contributed by atoms with van der Waals surface area (Å²) in [6.45, 7) is 9.04. The number of hydrogen-bond acceptors (Lipinski definition) is 2. The van der Waals surface area contributed by atoms with E-state index in [1.54, 1.807) is 11.1 Å². The molecule has 0 spiro atoms. The minimum absolute atomic E-state index is 0.144. The molecule has 0 N–H and O–H groups in total. The van der Waals surface area contributed by atoms with E-state index in [1.165, 1.54) is 141 Å². The van der Waals surface area contributed by atoms with Crippen LogP contribution in [0.3, 0.4) is 0 Å². The highest BCUT2D eigenvalue weighted by Crippen LogP contribution is 2.60. The van der Waals surface area contributed by atoms with Gasteiger partial charge in [-0.15, -0.1) is 0 Å². The van der Waals surface area contributed by atoms with Gasteiger partial charge in [0.25, 0.3) is 5.56 Å². The Kier molecular flexibility index (Phi) is 6.94. The van der Waals surface area contributed by atoms with Gasteiger partial charge in [-0.2, -0.15) is 0 Å². The second kappa shape index (κ2) is 12.5. The molecule has 0 saturated heterocycles. The third kappa shape index (κ3) is 4.50. The first kappa shape index (κ1) is 37.3. The normalized spacial score (nSPS) is 26.8. The standard InChI is InChI=1S/C61H56BN3O2/c1-29(2)40-9-7-10-41(30(3)4)52(40)35-12-14-48-47(26-35)62-57-58-56(55-49(63(48)58)15-13-42-36-18-33-17-34(19-36)25-39(24-33)53(42)55)60-54(43-8-5-6-11-51(43)67-60)59(57)64-50-28-45-38-22-31-16-32(23-38)21-37(20-31)44(45)27-46(50)61(66)65(62)64/h5-15,26-34,36-39H,16-25H2,1-4H3. The third-order valence-electron chi connectivity index (χ3n) is 19.8. The second-order valence-corrected chi connectivity index (χ2v) is 24.0. The molecule has 4 unspecified atom stereocenters. The first-order valence-corrected chi connectivity index (χ1v) is 26.3.